The van der Waals surface area contributed by atoms with E-state index < -0.39 is 6.89 Å². The minimum absolute atomic E-state index is 0.726. The van der Waals surface area contributed by atoms with Gasteiger partial charge in [0.2, 0.25) is 0 Å². The summed E-state index contributed by atoms with van der Waals surface area (Å²) in [6.45, 7) is 6.20. The van der Waals surface area contributed by atoms with Crippen LogP contribution < -0.4 is 0 Å². The summed E-state index contributed by atoms with van der Waals surface area (Å²) in [4.78, 5) is 0. The lowest BCUT2D eigenvalue weighted by Crippen LogP contribution is -1.93. The summed E-state index contributed by atoms with van der Waals surface area (Å²) in [5.41, 5.74) is 0. The maximum absolute atomic E-state index is 4.36. The smallest absolute Gasteiger partial charge is 0.0335 e. The number of hydrogen-bond acceptors (Lipinski definition) is 0. The molecular weight excluding hydrogens is 151 g/mol. The molecule has 0 fully saturated rings. The average Bonchev–Trinajstić information content (AvgIpc) is 1.97. The van der Waals surface area contributed by atoms with Gasteiger partial charge in [-0.05, 0) is 31.8 Å². The molecule has 0 saturated carbocycles. The first-order valence-corrected chi connectivity index (χ1v) is 7.60. The Hall–Kier alpha value is 0.300. The first kappa shape index (κ1) is 11.3. The van der Waals surface area contributed by atoms with E-state index in [9.17, 15) is 0 Å². The highest BCUT2D eigenvalue weighted by Gasteiger charge is 2.04. The quantitative estimate of drug-likeness (QED) is 0.539. The molecule has 0 radical (unpaired) electrons. The monoisotopic (exact) mass is 174 g/mol. The summed E-state index contributed by atoms with van der Waals surface area (Å²) in [6.07, 6.45) is 12.6. The third kappa shape index (κ3) is 6.69. The molecule has 0 aliphatic rings. The third-order valence-corrected chi connectivity index (χ3v) is 4.89. The van der Waals surface area contributed by atoms with Gasteiger partial charge in [0.25, 0.3) is 0 Å². The van der Waals surface area contributed by atoms with Crippen molar-refractivity contribution in [1.29, 1.82) is 0 Å². The minimum Gasteiger partial charge on any atom is -0.115 e. The zero-order chi connectivity index (χ0) is 8.74. The molecule has 0 aliphatic heterocycles. The SMILES string of the molecule is C=P(C)(CCCC)CCCC. The van der Waals surface area contributed by atoms with Crippen LogP contribution in [0.2, 0.25) is 0 Å². The predicted octanol–water partition coefficient (Wildman–Crippen LogP) is 3.67. The molecule has 0 aromatic heterocycles. The highest BCUT2D eigenvalue weighted by atomic mass is 31.2. The molecule has 11 heavy (non-hydrogen) atoms. The van der Waals surface area contributed by atoms with Crippen LogP contribution >= 0.6 is 6.89 Å². The van der Waals surface area contributed by atoms with Gasteiger partial charge >= 0.3 is 0 Å². The van der Waals surface area contributed by atoms with Gasteiger partial charge in [0, 0.05) is 0 Å². The van der Waals surface area contributed by atoms with E-state index in [0.717, 1.165) is 0 Å². The van der Waals surface area contributed by atoms with Gasteiger partial charge in [0.15, 0.2) is 0 Å². The third-order valence-electron chi connectivity index (χ3n) is 2.10. The maximum atomic E-state index is 4.36. The van der Waals surface area contributed by atoms with E-state index in [1.54, 1.807) is 0 Å². The summed E-state index contributed by atoms with van der Waals surface area (Å²) in [7, 11) is 0. The fraction of sp³-hybridized carbons (Fsp3) is 0.900. The summed E-state index contributed by atoms with van der Waals surface area (Å²) in [6, 6.07) is 0. The Morgan fingerprint density at radius 3 is 1.64 bits per heavy atom. The standard InChI is InChI=1S/C10H23P/c1-5-7-9-11(3,4)10-8-6-2/h3,5-10H2,1-2,4H3. The fourth-order valence-electron chi connectivity index (χ4n) is 1.19. The van der Waals surface area contributed by atoms with Crippen molar-refractivity contribution in [3.8, 4) is 0 Å². The Balaban J connectivity index is 3.53. The van der Waals surface area contributed by atoms with Crippen LogP contribution in [-0.2, 0) is 0 Å². The first-order chi connectivity index (χ1) is 5.12. The summed E-state index contributed by atoms with van der Waals surface area (Å²) in [5.74, 6) is 0. The van der Waals surface area contributed by atoms with Crippen LogP contribution in [0.5, 0.6) is 0 Å². The van der Waals surface area contributed by atoms with Crippen molar-refractivity contribution in [2.75, 3.05) is 19.0 Å². The second-order valence-electron chi connectivity index (χ2n) is 3.77. The molecule has 0 saturated heterocycles. The molecule has 0 spiro atoms. The van der Waals surface area contributed by atoms with Gasteiger partial charge in [-0.15, -0.1) is 13.2 Å². The van der Waals surface area contributed by atoms with E-state index in [0.29, 0.717) is 0 Å². The Labute approximate surface area is 72.4 Å². The minimum atomic E-state index is -0.726. The Bertz CT molecular complexity index is 115. The second kappa shape index (κ2) is 5.89. The molecule has 1 heteroatoms. The van der Waals surface area contributed by atoms with Crippen molar-refractivity contribution < 1.29 is 0 Å². The lowest BCUT2D eigenvalue weighted by molar-refractivity contribution is 0.868. The molecule has 0 N–H and O–H groups in total. The molecule has 0 nitrogen and oxygen atoms in total. The lowest BCUT2D eigenvalue weighted by atomic mass is 10.4. The average molecular weight is 174 g/mol. The van der Waals surface area contributed by atoms with Crippen LogP contribution in [-0.4, -0.2) is 25.3 Å². The Kier molecular flexibility index (Phi) is 6.05. The zero-order valence-electron chi connectivity index (χ0n) is 8.40. The number of rotatable bonds is 6. The van der Waals surface area contributed by atoms with Crippen molar-refractivity contribution in [2.45, 2.75) is 39.5 Å². The van der Waals surface area contributed by atoms with Crippen molar-refractivity contribution in [2.24, 2.45) is 0 Å². The molecule has 0 bridgehead atoms. The van der Waals surface area contributed by atoms with Crippen LogP contribution in [0.4, 0.5) is 0 Å². The Morgan fingerprint density at radius 1 is 1.00 bits per heavy atom. The van der Waals surface area contributed by atoms with Gasteiger partial charge in [0.1, 0.15) is 0 Å². The normalized spacial score (nSPS) is 11.9. The molecule has 0 aromatic rings. The van der Waals surface area contributed by atoms with Crippen LogP contribution in [0.25, 0.3) is 0 Å². The van der Waals surface area contributed by atoms with Gasteiger partial charge in [0.05, 0.1) is 0 Å². The van der Waals surface area contributed by atoms with Crippen LogP contribution in [0.3, 0.4) is 0 Å². The molecule has 0 heterocycles. The summed E-state index contributed by atoms with van der Waals surface area (Å²) >= 11 is 0. The topological polar surface area (TPSA) is 0 Å². The Morgan fingerprint density at radius 2 is 1.36 bits per heavy atom. The highest BCUT2D eigenvalue weighted by Crippen LogP contribution is 2.42. The van der Waals surface area contributed by atoms with E-state index in [4.69, 9.17) is 0 Å². The van der Waals surface area contributed by atoms with E-state index in [2.05, 4.69) is 26.8 Å². The summed E-state index contributed by atoms with van der Waals surface area (Å²) < 4.78 is 0. The fourth-order valence-corrected chi connectivity index (χ4v) is 3.57. The van der Waals surface area contributed by atoms with Crippen LogP contribution in [0.15, 0.2) is 0 Å². The molecule has 0 unspecified atom stereocenters. The largest absolute Gasteiger partial charge is 0.115 e. The second-order valence-corrected chi connectivity index (χ2v) is 7.91. The van der Waals surface area contributed by atoms with Crippen molar-refractivity contribution in [3.63, 3.8) is 0 Å². The van der Waals surface area contributed by atoms with Gasteiger partial charge in [-0.1, -0.05) is 26.7 Å². The molecule has 0 aromatic carbocycles. The van der Waals surface area contributed by atoms with E-state index in [1.165, 1.54) is 38.0 Å². The van der Waals surface area contributed by atoms with Crippen molar-refractivity contribution >= 4 is 13.2 Å². The van der Waals surface area contributed by atoms with Crippen molar-refractivity contribution in [3.05, 3.63) is 0 Å². The first-order valence-electron chi connectivity index (χ1n) is 4.81. The number of unbranched alkanes of at least 4 members (excludes halogenated alkanes) is 2. The summed E-state index contributed by atoms with van der Waals surface area (Å²) in [5, 5.41) is 0. The molecule has 0 aliphatic carbocycles. The van der Waals surface area contributed by atoms with E-state index in [-0.39, 0.29) is 0 Å². The van der Waals surface area contributed by atoms with Gasteiger partial charge in [-0.25, -0.2) is 0 Å². The molecule has 0 amide bonds. The van der Waals surface area contributed by atoms with E-state index >= 15 is 0 Å². The van der Waals surface area contributed by atoms with Crippen LogP contribution in [0, 0.1) is 0 Å². The van der Waals surface area contributed by atoms with Crippen molar-refractivity contribution in [1.82, 2.24) is 0 Å². The van der Waals surface area contributed by atoms with Gasteiger partial charge in [-0.3, -0.25) is 0 Å². The predicted molar refractivity (Wildman–Crippen MR) is 59.5 cm³/mol. The zero-order valence-corrected chi connectivity index (χ0v) is 9.29. The van der Waals surface area contributed by atoms with E-state index in [1.807, 2.05) is 0 Å². The molecule has 0 rings (SSSR count). The van der Waals surface area contributed by atoms with Gasteiger partial charge < -0.3 is 0 Å². The highest BCUT2D eigenvalue weighted by molar-refractivity contribution is 7.73. The molecule has 68 valence electrons. The number of hydrogen-bond donors (Lipinski definition) is 0. The molecular formula is C10H23P. The maximum Gasteiger partial charge on any atom is -0.0335 e. The van der Waals surface area contributed by atoms with Gasteiger partial charge in [-0.2, -0.15) is 0 Å². The lowest BCUT2D eigenvalue weighted by Gasteiger charge is -2.17. The molecule has 0 atom stereocenters. The van der Waals surface area contributed by atoms with Crippen LogP contribution in [0.1, 0.15) is 39.5 Å².